The first-order valence-electron chi connectivity index (χ1n) is 8.62. The fourth-order valence-electron chi connectivity index (χ4n) is 2.74. The molecule has 25 heavy (non-hydrogen) atoms. The number of nitrogens with zero attached hydrogens (tertiary/aromatic N) is 2. The van der Waals surface area contributed by atoms with E-state index in [9.17, 15) is 4.79 Å². The normalized spacial score (nSPS) is 11.9. The van der Waals surface area contributed by atoms with Crippen molar-refractivity contribution < 1.29 is 4.79 Å². The molecular formula is C21H23N3O. The number of amides is 1. The van der Waals surface area contributed by atoms with E-state index in [1.165, 1.54) is 5.56 Å². The third-order valence-corrected chi connectivity index (χ3v) is 4.17. The molecule has 1 N–H and O–H groups in total. The van der Waals surface area contributed by atoms with Gasteiger partial charge in [-0.2, -0.15) is 5.10 Å². The Bertz CT molecular complexity index is 796. The molecule has 3 rings (SSSR count). The van der Waals surface area contributed by atoms with Crippen LogP contribution in [0.4, 0.5) is 0 Å². The van der Waals surface area contributed by atoms with Crippen LogP contribution in [0.15, 0.2) is 73.1 Å². The van der Waals surface area contributed by atoms with Crippen LogP contribution in [0.5, 0.6) is 0 Å². The Morgan fingerprint density at radius 3 is 2.36 bits per heavy atom. The molecule has 0 aliphatic carbocycles. The second-order valence-corrected chi connectivity index (χ2v) is 6.31. The smallest absolute Gasteiger partial charge is 0.254 e. The molecule has 0 saturated carbocycles. The van der Waals surface area contributed by atoms with Gasteiger partial charge in [0.15, 0.2) is 0 Å². The van der Waals surface area contributed by atoms with Crippen molar-refractivity contribution in [1.82, 2.24) is 15.1 Å². The standard InChI is InChI=1S/C21H23N3O/c1-17(12-13-18-8-4-2-5-9-18)23-21(25)20-14-22-24(16-20)15-19-10-6-3-7-11-19/h2-11,14,16-17H,12-13,15H2,1H3,(H,23,25)/t17-/m0/s1. The predicted molar refractivity (Wildman–Crippen MR) is 99.5 cm³/mol. The summed E-state index contributed by atoms with van der Waals surface area (Å²) in [6, 6.07) is 20.5. The molecule has 1 heterocycles. The molecule has 1 amide bonds. The molecule has 4 heteroatoms. The van der Waals surface area contributed by atoms with E-state index in [4.69, 9.17) is 0 Å². The van der Waals surface area contributed by atoms with Gasteiger partial charge in [0.1, 0.15) is 0 Å². The van der Waals surface area contributed by atoms with E-state index >= 15 is 0 Å². The van der Waals surface area contributed by atoms with Gasteiger partial charge in [-0.3, -0.25) is 9.48 Å². The van der Waals surface area contributed by atoms with Crippen molar-refractivity contribution in [3.63, 3.8) is 0 Å². The summed E-state index contributed by atoms with van der Waals surface area (Å²) in [5.74, 6) is -0.0696. The van der Waals surface area contributed by atoms with E-state index < -0.39 is 0 Å². The van der Waals surface area contributed by atoms with Crippen molar-refractivity contribution in [3.05, 3.63) is 89.7 Å². The molecule has 1 atom stereocenters. The summed E-state index contributed by atoms with van der Waals surface area (Å²) < 4.78 is 1.79. The van der Waals surface area contributed by atoms with Gasteiger partial charge in [-0.1, -0.05) is 60.7 Å². The molecule has 0 bridgehead atoms. The molecule has 0 aliphatic rings. The Morgan fingerprint density at radius 1 is 1.04 bits per heavy atom. The van der Waals surface area contributed by atoms with Crippen molar-refractivity contribution in [2.45, 2.75) is 32.4 Å². The SMILES string of the molecule is C[C@@H](CCc1ccccc1)NC(=O)c1cnn(Cc2ccccc2)c1. The highest BCUT2D eigenvalue weighted by Gasteiger charge is 2.12. The first-order valence-corrected chi connectivity index (χ1v) is 8.62. The summed E-state index contributed by atoms with van der Waals surface area (Å²) in [4.78, 5) is 12.4. The Labute approximate surface area is 148 Å². The Hall–Kier alpha value is -2.88. The fourth-order valence-corrected chi connectivity index (χ4v) is 2.74. The molecule has 0 aliphatic heterocycles. The van der Waals surface area contributed by atoms with Crippen LogP contribution in [0.1, 0.15) is 34.8 Å². The van der Waals surface area contributed by atoms with Gasteiger partial charge in [0.05, 0.1) is 18.3 Å². The highest BCUT2D eigenvalue weighted by Crippen LogP contribution is 2.07. The molecule has 0 unspecified atom stereocenters. The highest BCUT2D eigenvalue weighted by molar-refractivity contribution is 5.93. The average molecular weight is 333 g/mol. The van der Waals surface area contributed by atoms with Gasteiger partial charge in [0.25, 0.3) is 5.91 Å². The number of hydrogen-bond acceptors (Lipinski definition) is 2. The first-order chi connectivity index (χ1) is 12.2. The second-order valence-electron chi connectivity index (χ2n) is 6.31. The molecule has 0 saturated heterocycles. The number of aromatic nitrogens is 2. The minimum absolute atomic E-state index is 0.0696. The van der Waals surface area contributed by atoms with E-state index in [1.807, 2.05) is 55.5 Å². The maximum atomic E-state index is 12.4. The lowest BCUT2D eigenvalue weighted by molar-refractivity contribution is 0.0938. The number of aryl methyl sites for hydroxylation is 1. The van der Waals surface area contributed by atoms with Crippen molar-refractivity contribution in [2.75, 3.05) is 0 Å². The molecular weight excluding hydrogens is 310 g/mol. The summed E-state index contributed by atoms with van der Waals surface area (Å²) in [6.45, 7) is 2.70. The van der Waals surface area contributed by atoms with Crippen molar-refractivity contribution >= 4 is 5.91 Å². The van der Waals surface area contributed by atoms with Gasteiger partial charge in [-0.15, -0.1) is 0 Å². The molecule has 0 spiro atoms. The number of rotatable bonds is 7. The van der Waals surface area contributed by atoms with Gasteiger partial charge in [-0.25, -0.2) is 0 Å². The van der Waals surface area contributed by atoms with Crippen LogP contribution in [0.3, 0.4) is 0 Å². The summed E-state index contributed by atoms with van der Waals surface area (Å²) in [7, 11) is 0. The second kappa shape index (κ2) is 8.29. The van der Waals surface area contributed by atoms with E-state index in [-0.39, 0.29) is 11.9 Å². The molecule has 128 valence electrons. The van der Waals surface area contributed by atoms with E-state index in [1.54, 1.807) is 17.1 Å². The van der Waals surface area contributed by atoms with Crippen LogP contribution in [0.2, 0.25) is 0 Å². The summed E-state index contributed by atoms with van der Waals surface area (Å²) in [5, 5.41) is 7.34. The van der Waals surface area contributed by atoms with Crippen molar-refractivity contribution in [2.24, 2.45) is 0 Å². The number of carbonyl (C=O) groups is 1. The van der Waals surface area contributed by atoms with Gasteiger partial charge < -0.3 is 5.32 Å². The molecule has 2 aromatic carbocycles. The minimum Gasteiger partial charge on any atom is -0.349 e. The van der Waals surface area contributed by atoms with Crippen LogP contribution >= 0.6 is 0 Å². The largest absolute Gasteiger partial charge is 0.349 e. The lowest BCUT2D eigenvalue weighted by atomic mass is 10.1. The molecule has 3 aromatic rings. The van der Waals surface area contributed by atoms with Crippen LogP contribution in [0, 0.1) is 0 Å². The Balaban J connectivity index is 1.51. The highest BCUT2D eigenvalue weighted by atomic mass is 16.1. The molecule has 1 aromatic heterocycles. The lowest BCUT2D eigenvalue weighted by Crippen LogP contribution is -2.32. The zero-order chi connectivity index (χ0) is 17.5. The quantitative estimate of drug-likeness (QED) is 0.717. The van der Waals surface area contributed by atoms with Crippen LogP contribution < -0.4 is 5.32 Å². The fraction of sp³-hybridized carbons (Fsp3) is 0.238. The monoisotopic (exact) mass is 333 g/mol. The molecule has 0 fully saturated rings. The van der Waals surface area contributed by atoms with Crippen LogP contribution in [-0.4, -0.2) is 21.7 Å². The van der Waals surface area contributed by atoms with Gasteiger partial charge in [0.2, 0.25) is 0 Å². The van der Waals surface area contributed by atoms with Gasteiger partial charge >= 0.3 is 0 Å². The van der Waals surface area contributed by atoms with E-state index in [0.717, 1.165) is 18.4 Å². The Morgan fingerprint density at radius 2 is 1.68 bits per heavy atom. The molecule has 0 radical (unpaired) electrons. The third kappa shape index (κ3) is 5.05. The average Bonchev–Trinajstić information content (AvgIpc) is 3.10. The predicted octanol–water partition coefficient (Wildman–Crippen LogP) is 3.68. The zero-order valence-electron chi connectivity index (χ0n) is 14.4. The maximum Gasteiger partial charge on any atom is 0.254 e. The lowest BCUT2D eigenvalue weighted by Gasteiger charge is -2.13. The van der Waals surface area contributed by atoms with Crippen LogP contribution in [-0.2, 0) is 13.0 Å². The summed E-state index contributed by atoms with van der Waals surface area (Å²) in [6.07, 6.45) is 5.29. The summed E-state index contributed by atoms with van der Waals surface area (Å²) >= 11 is 0. The van der Waals surface area contributed by atoms with E-state index in [2.05, 4.69) is 22.5 Å². The van der Waals surface area contributed by atoms with Crippen LogP contribution in [0.25, 0.3) is 0 Å². The first kappa shape index (κ1) is 17.0. The summed E-state index contributed by atoms with van der Waals surface area (Å²) in [5.41, 5.74) is 3.05. The maximum absolute atomic E-state index is 12.4. The Kier molecular flexibility index (Phi) is 5.62. The third-order valence-electron chi connectivity index (χ3n) is 4.17. The van der Waals surface area contributed by atoms with Crippen molar-refractivity contribution in [3.8, 4) is 0 Å². The topological polar surface area (TPSA) is 46.9 Å². The van der Waals surface area contributed by atoms with Crippen molar-refractivity contribution in [1.29, 1.82) is 0 Å². The van der Waals surface area contributed by atoms with Gasteiger partial charge in [-0.05, 0) is 30.9 Å². The number of carbonyl (C=O) groups excluding carboxylic acids is 1. The zero-order valence-corrected chi connectivity index (χ0v) is 14.4. The number of nitrogens with one attached hydrogen (secondary N) is 1. The minimum atomic E-state index is -0.0696. The molecule has 4 nitrogen and oxygen atoms in total. The van der Waals surface area contributed by atoms with E-state index in [0.29, 0.717) is 12.1 Å². The number of hydrogen-bond donors (Lipinski definition) is 1. The number of benzene rings is 2. The van der Waals surface area contributed by atoms with Gasteiger partial charge in [0, 0.05) is 12.2 Å².